The minimum atomic E-state index is -1.11. The molecule has 180 valence electrons. The zero-order chi connectivity index (χ0) is 24.7. The molecule has 0 bridgehead atoms. The third-order valence-electron chi connectivity index (χ3n) is 6.35. The maximum absolute atomic E-state index is 13.3. The van der Waals surface area contributed by atoms with E-state index in [1.54, 1.807) is 47.6 Å². The second kappa shape index (κ2) is 9.04. The largest absolute Gasteiger partial charge is 0.493 e. The number of benzene rings is 2. The van der Waals surface area contributed by atoms with Crippen molar-refractivity contribution in [3.63, 3.8) is 0 Å². The lowest BCUT2D eigenvalue weighted by atomic mass is 9.96. The number of nitrogens with one attached hydrogen (secondary N) is 1. The summed E-state index contributed by atoms with van der Waals surface area (Å²) in [6.07, 6.45) is 2.05. The van der Waals surface area contributed by atoms with Crippen molar-refractivity contribution in [1.82, 2.24) is 10.3 Å². The molecule has 0 radical (unpaired) electrons. The molecule has 1 fully saturated rings. The van der Waals surface area contributed by atoms with Gasteiger partial charge in [0.05, 0.1) is 45.6 Å². The summed E-state index contributed by atoms with van der Waals surface area (Å²) in [5.74, 6) is 1.98. The van der Waals surface area contributed by atoms with E-state index in [0.717, 1.165) is 16.3 Å². The number of pyridine rings is 1. The van der Waals surface area contributed by atoms with Gasteiger partial charge in [0.1, 0.15) is 4.33 Å². The number of amides is 1. The Bertz CT molecular complexity index is 1250. The van der Waals surface area contributed by atoms with Crippen LogP contribution in [-0.4, -0.2) is 43.7 Å². The predicted octanol–water partition coefficient (Wildman–Crippen LogP) is 5.06. The minimum absolute atomic E-state index is 0.267. The van der Waals surface area contributed by atoms with Gasteiger partial charge in [0.15, 0.2) is 23.0 Å². The van der Waals surface area contributed by atoms with Crippen molar-refractivity contribution >= 4 is 39.9 Å². The van der Waals surface area contributed by atoms with Gasteiger partial charge in [0.2, 0.25) is 5.91 Å². The van der Waals surface area contributed by atoms with Gasteiger partial charge in [-0.2, -0.15) is 0 Å². The van der Waals surface area contributed by atoms with E-state index in [2.05, 4.69) is 10.3 Å². The van der Waals surface area contributed by atoms with Crippen molar-refractivity contribution in [2.24, 2.45) is 5.41 Å². The van der Waals surface area contributed by atoms with E-state index >= 15 is 0 Å². The van der Waals surface area contributed by atoms with Gasteiger partial charge < -0.3 is 24.3 Å². The molecule has 1 heterocycles. The van der Waals surface area contributed by atoms with Crippen LogP contribution in [0, 0.1) is 5.41 Å². The summed E-state index contributed by atoms with van der Waals surface area (Å²) in [4.78, 5) is 18.0. The predicted molar refractivity (Wildman–Crippen MR) is 132 cm³/mol. The molecule has 1 aliphatic rings. The van der Waals surface area contributed by atoms with Gasteiger partial charge in [-0.15, -0.1) is 23.2 Å². The quantitative estimate of drug-likeness (QED) is 0.432. The number of fused-ring (bicyclic) bond motifs is 1. The smallest absolute Gasteiger partial charge is 0.229 e. The first-order valence-corrected chi connectivity index (χ1v) is 11.4. The van der Waals surface area contributed by atoms with Gasteiger partial charge in [0.25, 0.3) is 0 Å². The maximum atomic E-state index is 13.3. The molecule has 0 unspecified atom stereocenters. The number of halogens is 2. The van der Waals surface area contributed by atoms with E-state index < -0.39 is 15.8 Å². The molecule has 1 aromatic heterocycles. The molecular formula is C25H26Cl2N2O5. The van der Waals surface area contributed by atoms with Crippen LogP contribution in [0.5, 0.6) is 23.0 Å². The Balaban J connectivity index is 1.88. The monoisotopic (exact) mass is 504 g/mol. The zero-order valence-electron chi connectivity index (χ0n) is 19.6. The molecule has 9 heteroatoms. The number of carbonyl (C=O) groups is 1. The zero-order valence-corrected chi connectivity index (χ0v) is 21.1. The van der Waals surface area contributed by atoms with Gasteiger partial charge in [0, 0.05) is 11.6 Å². The summed E-state index contributed by atoms with van der Waals surface area (Å²) >= 11 is 12.6. The fraction of sp³-hybridized carbons (Fsp3) is 0.360. The number of ether oxygens (including phenoxy) is 4. The summed E-state index contributed by atoms with van der Waals surface area (Å²) in [6, 6.07) is 10.4. The van der Waals surface area contributed by atoms with Crippen molar-refractivity contribution < 1.29 is 23.7 Å². The summed E-state index contributed by atoms with van der Waals surface area (Å²) in [5, 5.41) is 4.79. The third-order valence-corrected chi connectivity index (χ3v) is 7.45. The van der Waals surface area contributed by atoms with Crippen LogP contribution in [-0.2, 0) is 4.79 Å². The Hall–Kier alpha value is -2.90. The van der Waals surface area contributed by atoms with Crippen molar-refractivity contribution in [2.75, 3.05) is 28.4 Å². The van der Waals surface area contributed by atoms with Crippen LogP contribution >= 0.6 is 23.2 Å². The van der Waals surface area contributed by atoms with E-state index in [4.69, 9.17) is 42.1 Å². The first-order valence-electron chi connectivity index (χ1n) is 10.6. The first-order chi connectivity index (χ1) is 16.2. The molecule has 3 aromatic rings. The highest BCUT2D eigenvalue weighted by Crippen LogP contribution is 2.64. The van der Waals surface area contributed by atoms with Crippen molar-refractivity contribution in [3.8, 4) is 23.0 Å². The Kier molecular flexibility index (Phi) is 6.44. The van der Waals surface area contributed by atoms with E-state index in [1.165, 1.54) is 0 Å². The molecule has 0 saturated heterocycles. The molecule has 2 atom stereocenters. The molecule has 2 aromatic carbocycles. The normalized spacial score (nSPS) is 19.3. The standard InChI is InChI=1S/C25H26Cl2N2O5/c1-24(13-25(24,26)27)23(30)29-21(15-6-7-17(31-2)18(11-15)32-3)22-16-12-20(34-5)19(33-4)10-14(16)8-9-28-22/h6-12,21H,13H2,1-5H3,(H,29,30)/t21-,24+/m1/s1. The van der Waals surface area contributed by atoms with Gasteiger partial charge in [-0.1, -0.05) is 6.07 Å². The SMILES string of the molecule is COc1ccc([C@@H](NC(=O)[C@]2(C)CC2(Cl)Cl)c2nccc3cc(OC)c(OC)cc23)cc1OC. The Morgan fingerprint density at radius 1 is 0.941 bits per heavy atom. The fourth-order valence-corrected chi connectivity index (χ4v) is 4.74. The van der Waals surface area contributed by atoms with Gasteiger partial charge >= 0.3 is 0 Å². The average molecular weight is 505 g/mol. The number of methoxy groups -OCH3 is 4. The lowest BCUT2D eigenvalue weighted by Crippen LogP contribution is -2.37. The number of hydrogen-bond donors (Lipinski definition) is 1. The Morgan fingerprint density at radius 3 is 2.12 bits per heavy atom. The molecule has 7 nitrogen and oxygen atoms in total. The van der Waals surface area contributed by atoms with Gasteiger partial charge in [-0.3, -0.25) is 9.78 Å². The first kappa shape index (κ1) is 24.2. The van der Waals surface area contributed by atoms with E-state index in [0.29, 0.717) is 35.1 Å². The van der Waals surface area contributed by atoms with Crippen LogP contribution < -0.4 is 24.3 Å². The highest BCUT2D eigenvalue weighted by molar-refractivity contribution is 6.53. The minimum Gasteiger partial charge on any atom is -0.493 e. The Labute approximate surface area is 208 Å². The summed E-state index contributed by atoms with van der Waals surface area (Å²) in [6.45, 7) is 1.75. The van der Waals surface area contributed by atoms with E-state index in [-0.39, 0.29) is 5.91 Å². The van der Waals surface area contributed by atoms with Crippen molar-refractivity contribution in [2.45, 2.75) is 23.7 Å². The summed E-state index contributed by atoms with van der Waals surface area (Å²) in [7, 11) is 6.28. The molecule has 0 aliphatic heterocycles. The second-order valence-electron chi connectivity index (χ2n) is 8.36. The highest BCUT2D eigenvalue weighted by Gasteiger charge is 2.68. The van der Waals surface area contributed by atoms with Crippen LogP contribution in [0.4, 0.5) is 0 Å². The van der Waals surface area contributed by atoms with Crippen molar-refractivity contribution in [3.05, 3.63) is 53.9 Å². The molecule has 0 spiro atoms. The highest BCUT2D eigenvalue weighted by atomic mass is 35.5. The lowest BCUT2D eigenvalue weighted by Gasteiger charge is -2.24. The van der Waals surface area contributed by atoms with E-state index in [9.17, 15) is 4.79 Å². The number of nitrogens with zero attached hydrogens (tertiary/aromatic N) is 1. The van der Waals surface area contributed by atoms with Crippen LogP contribution in [0.25, 0.3) is 10.8 Å². The topological polar surface area (TPSA) is 78.9 Å². The van der Waals surface area contributed by atoms with E-state index in [1.807, 2.05) is 30.3 Å². The van der Waals surface area contributed by atoms with Crippen LogP contribution in [0.1, 0.15) is 30.6 Å². The maximum Gasteiger partial charge on any atom is 0.229 e. The number of hydrogen-bond acceptors (Lipinski definition) is 6. The lowest BCUT2D eigenvalue weighted by molar-refractivity contribution is -0.126. The van der Waals surface area contributed by atoms with Crippen LogP contribution in [0.15, 0.2) is 42.6 Å². The summed E-state index contributed by atoms with van der Waals surface area (Å²) in [5.41, 5.74) is 0.467. The number of alkyl halides is 2. The molecule has 4 rings (SSSR count). The number of rotatable bonds is 8. The second-order valence-corrected chi connectivity index (χ2v) is 9.84. The fourth-order valence-electron chi connectivity index (χ4n) is 4.03. The average Bonchev–Trinajstić information content (AvgIpc) is 3.38. The third kappa shape index (κ3) is 4.07. The molecule has 1 N–H and O–H groups in total. The number of carbonyl (C=O) groups excluding carboxylic acids is 1. The number of aromatic nitrogens is 1. The molecule has 1 saturated carbocycles. The summed E-state index contributed by atoms with van der Waals surface area (Å²) < 4.78 is 20.7. The van der Waals surface area contributed by atoms with Gasteiger partial charge in [-0.05, 0) is 54.6 Å². The molecular weight excluding hydrogens is 479 g/mol. The molecule has 34 heavy (non-hydrogen) atoms. The van der Waals surface area contributed by atoms with Crippen LogP contribution in [0.3, 0.4) is 0 Å². The van der Waals surface area contributed by atoms with Crippen molar-refractivity contribution in [1.29, 1.82) is 0 Å². The Morgan fingerprint density at radius 2 is 1.53 bits per heavy atom. The van der Waals surface area contributed by atoms with Crippen LogP contribution in [0.2, 0.25) is 0 Å². The van der Waals surface area contributed by atoms with Gasteiger partial charge in [-0.25, -0.2) is 0 Å². The molecule has 1 amide bonds. The molecule has 1 aliphatic carbocycles.